The van der Waals surface area contributed by atoms with Gasteiger partial charge in [0.25, 0.3) is 0 Å². The summed E-state index contributed by atoms with van der Waals surface area (Å²) in [5.41, 5.74) is 17.3. The molecule has 0 saturated carbocycles. The van der Waals surface area contributed by atoms with Crippen molar-refractivity contribution in [2.24, 2.45) is 0 Å². The van der Waals surface area contributed by atoms with Gasteiger partial charge in [-0.05, 0) is 126 Å². The summed E-state index contributed by atoms with van der Waals surface area (Å²) in [6.07, 6.45) is 0. The molecule has 0 aliphatic heterocycles. The Labute approximate surface area is 397 Å². The second kappa shape index (κ2) is 16.5. The maximum Gasteiger partial charge on any atom is 0.160 e. The second-order valence-electron chi connectivity index (χ2n) is 17.2. The maximum absolute atomic E-state index is 10.8. The summed E-state index contributed by atoms with van der Waals surface area (Å²) < 4.78 is 4.61. The number of aryl methyl sites for hydroxylation is 1. The van der Waals surface area contributed by atoms with Gasteiger partial charge in [-0.15, -0.1) is 0 Å². The highest BCUT2D eigenvalue weighted by Crippen LogP contribution is 2.40. The number of nitrogens with zero attached hydrogens (tertiary/aromatic N) is 7. The molecule has 3 heterocycles. The SMILES string of the molecule is Cc1cc(-c2ccc(-c3ccc(-c4cc(-c5ccc(C#N)cc5)nc(-c5ccc(C#N)cc5)n4)cc3)cc2)cc(C#N)c1-n1c2ccccc2c2cc(-n3c4ccccc4c4ccccc43)ccc21. The van der Waals surface area contributed by atoms with E-state index in [0.717, 1.165) is 100 Å². The van der Waals surface area contributed by atoms with Gasteiger partial charge in [0, 0.05) is 43.9 Å². The molecule has 320 valence electrons. The van der Waals surface area contributed by atoms with Crippen LogP contribution in [0, 0.1) is 40.9 Å². The van der Waals surface area contributed by atoms with Crippen LogP contribution in [0.15, 0.2) is 206 Å². The van der Waals surface area contributed by atoms with Gasteiger partial charge in [-0.25, -0.2) is 9.97 Å². The third-order valence-corrected chi connectivity index (χ3v) is 13.2. The molecule has 0 bridgehead atoms. The normalized spacial score (nSPS) is 11.2. The van der Waals surface area contributed by atoms with Gasteiger partial charge in [-0.1, -0.05) is 115 Å². The summed E-state index contributed by atoms with van der Waals surface area (Å²) in [7, 11) is 0. The van der Waals surface area contributed by atoms with Crippen molar-refractivity contribution in [2.75, 3.05) is 0 Å². The Morgan fingerprint density at radius 2 is 0.797 bits per heavy atom. The zero-order chi connectivity index (χ0) is 46.6. The fourth-order valence-corrected chi connectivity index (χ4v) is 9.84. The van der Waals surface area contributed by atoms with Gasteiger partial charge >= 0.3 is 0 Å². The standard InChI is InChI=1S/C62H37N7/c1-39-32-48(33-49(38-65)61(39)69-59-13-7-4-10-53(59)54-34-50(30-31-60(54)69)68-57-11-5-2-8-51(57)52-9-3-6-12-58(52)68)44-24-22-42(23-25-44)43-26-28-46(29-27-43)56-35-55(45-18-14-40(36-63)15-19-45)66-62(67-56)47-20-16-41(37-64)17-21-47/h2-35H,1H3. The van der Waals surface area contributed by atoms with Crippen molar-refractivity contribution in [1.29, 1.82) is 15.8 Å². The number of fused-ring (bicyclic) bond motifs is 6. The fourth-order valence-electron chi connectivity index (χ4n) is 9.84. The Morgan fingerprint density at radius 1 is 0.362 bits per heavy atom. The van der Waals surface area contributed by atoms with Crippen LogP contribution < -0.4 is 0 Å². The predicted molar refractivity (Wildman–Crippen MR) is 277 cm³/mol. The number of hydrogen-bond donors (Lipinski definition) is 0. The zero-order valence-corrected chi connectivity index (χ0v) is 37.3. The molecule has 69 heavy (non-hydrogen) atoms. The van der Waals surface area contributed by atoms with Crippen molar-refractivity contribution in [2.45, 2.75) is 6.92 Å². The van der Waals surface area contributed by atoms with E-state index in [0.29, 0.717) is 22.5 Å². The van der Waals surface area contributed by atoms with E-state index in [4.69, 9.17) is 9.97 Å². The topological polar surface area (TPSA) is 107 Å². The molecule has 9 aromatic carbocycles. The van der Waals surface area contributed by atoms with E-state index >= 15 is 0 Å². The molecule has 0 amide bonds. The Balaban J connectivity index is 0.869. The minimum absolute atomic E-state index is 0.541. The summed E-state index contributed by atoms with van der Waals surface area (Å²) in [5.74, 6) is 0.541. The van der Waals surface area contributed by atoms with E-state index in [-0.39, 0.29) is 0 Å². The first-order valence-electron chi connectivity index (χ1n) is 22.6. The third-order valence-electron chi connectivity index (χ3n) is 13.2. The van der Waals surface area contributed by atoms with Crippen molar-refractivity contribution in [3.8, 4) is 85.7 Å². The van der Waals surface area contributed by atoms with E-state index in [9.17, 15) is 15.8 Å². The number of para-hydroxylation sites is 3. The van der Waals surface area contributed by atoms with Crippen molar-refractivity contribution >= 4 is 43.6 Å². The molecule has 3 aromatic heterocycles. The highest BCUT2D eigenvalue weighted by molar-refractivity contribution is 6.12. The molecule has 0 spiro atoms. The summed E-state index contributed by atoms with van der Waals surface area (Å²) >= 11 is 0. The lowest BCUT2D eigenvalue weighted by molar-refractivity contribution is 1.13. The molecule has 0 atom stereocenters. The maximum atomic E-state index is 10.8. The Bertz CT molecular complexity index is 4010. The van der Waals surface area contributed by atoms with Crippen LogP contribution in [-0.4, -0.2) is 19.1 Å². The summed E-state index contributed by atoms with van der Waals surface area (Å²) in [6.45, 7) is 2.10. The Kier molecular flexibility index (Phi) is 9.73. The first-order chi connectivity index (χ1) is 34.0. The molecule has 7 nitrogen and oxygen atoms in total. The molecular weight excluding hydrogens is 843 g/mol. The van der Waals surface area contributed by atoms with Crippen LogP contribution in [0.4, 0.5) is 0 Å². The number of hydrogen-bond acceptors (Lipinski definition) is 5. The average Bonchev–Trinajstić information content (AvgIpc) is 3.93. The Morgan fingerprint density at radius 3 is 1.32 bits per heavy atom. The van der Waals surface area contributed by atoms with Gasteiger partial charge in [0.05, 0.1) is 68.0 Å². The molecule has 0 fully saturated rings. The van der Waals surface area contributed by atoms with Crippen LogP contribution in [0.5, 0.6) is 0 Å². The van der Waals surface area contributed by atoms with Crippen molar-refractivity contribution in [3.63, 3.8) is 0 Å². The van der Waals surface area contributed by atoms with Crippen LogP contribution in [-0.2, 0) is 0 Å². The lowest BCUT2D eigenvalue weighted by Gasteiger charge is -2.16. The quantitative estimate of drug-likeness (QED) is 0.158. The lowest BCUT2D eigenvalue weighted by atomic mass is 9.96. The zero-order valence-electron chi connectivity index (χ0n) is 37.3. The van der Waals surface area contributed by atoms with E-state index < -0.39 is 0 Å². The minimum atomic E-state index is 0.541. The number of aromatic nitrogens is 4. The Hall–Kier alpha value is -9.87. The second-order valence-corrected chi connectivity index (χ2v) is 17.2. The highest BCUT2D eigenvalue weighted by atomic mass is 15.0. The van der Waals surface area contributed by atoms with Gasteiger partial charge in [0.1, 0.15) is 6.07 Å². The summed E-state index contributed by atoms with van der Waals surface area (Å²) in [4.78, 5) is 9.86. The smallest absolute Gasteiger partial charge is 0.160 e. The molecule has 0 aliphatic carbocycles. The molecular formula is C62H37N7. The molecule has 0 aliphatic rings. The number of nitriles is 3. The van der Waals surface area contributed by atoms with Crippen LogP contribution in [0.25, 0.3) is 111 Å². The number of rotatable bonds is 7. The van der Waals surface area contributed by atoms with Crippen LogP contribution in [0.2, 0.25) is 0 Å². The molecule has 0 N–H and O–H groups in total. The average molecular weight is 880 g/mol. The van der Waals surface area contributed by atoms with Gasteiger partial charge < -0.3 is 9.13 Å². The number of benzene rings is 9. The van der Waals surface area contributed by atoms with Crippen LogP contribution in [0.1, 0.15) is 22.3 Å². The van der Waals surface area contributed by atoms with Gasteiger partial charge in [0.2, 0.25) is 0 Å². The van der Waals surface area contributed by atoms with E-state index in [1.54, 1.807) is 24.3 Å². The van der Waals surface area contributed by atoms with E-state index in [1.165, 1.54) is 10.8 Å². The fraction of sp³-hybridized carbons (Fsp3) is 0.0161. The van der Waals surface area contributed by atoms with Crippen LogP contribution >= 0.6 is 0 Å². The van der Waals surface area contributed by atoms with Gasteiger partial charge in [0.15, 0.2) is 5.82 Å². The van der Waals surface area contributed by atoms with Crippen molar-refractivity contribution in [3.05, 3.63) is 229 Å². The first kappa shape index (κ1) is 40.6. The van der Waals surface area contributed by atoms with Crippen molar-refractivity contribution in [1.82, 2.24) is 19.1 Å². The van der Waals surface area contributed by atoms with Gasteiger partial charge in [-0.2, -0.15) is 15.8 Å². The molecule has 0 unspecified atom stereocenters. The first-order valence-corrected chi connectivity index (χ1v) is 22.6. The van der Waals surface area contributed by atoms with Crippen LogP contribution in [0.3, 0.4) is 0 Å². The largest absolute Gasteiger partial charge is 0.309 e. The summed E-state index contributed by atoms with van der Waals surface area (Å²) in [6, 6.07) is 76.8. The minimum Gasteiger partial charge on any atom is -0.309 e. The molecule has 12 rings (SSSR count). The van der Waals surface area contributed by atoms with E-state index in [1.807, 2.05) is 36.4 Å². The predicted octanol–water partition coefficient (Wildman–Crippen LogP) is 14.9. The van der Waals surface area contributed by atoms with Crippen molar-refractivity contribution < 1.29 is 0 Å². The third kappa shape index (κ3) is 6.97. The monoisotopic (exact) mass is 879 g/mol. The molecule has 0 saturated heterocycles. The lowest BCUT2D eigenvalue weighted by Crippen LogP contribution is -2.02. The molecule has 0 radical (unpaired) electrons. The van der Waals surface area contributed by atoms with E-state index in [2.05, 4.69) is 180 Å². The van der Waals surface area contributed by atoms with Gasteiger partial charge in [-0.3, -0.25) is 0 Å². The summed E-state index contributed by atoms with van der Waals surface area (Å²) in [5, 5.41) is 34.3. The molecule has 12 aromatic rings. The highest BCUT2D eigenvalue weighted by Gasteiger charge is 2.20. The molecule has 7 heteroatoms.